The Hall–Kier alpha value is -7.54. The van der Waals surface area contributed by atoms with Crippen LogP contribution in [0.1, 0.15) is 5.56 Å². The highest BCUT2D eigenvalue weighted by atomic mass is 14.2. The second-order valence-corrected chi connectivity index (χ2v) is 16.1. The molecule has 0 spiro atoms. The summed E-state index contributed by atoms with van der Waals surface area (Å²) in [5, 5.41) is 17.6. The predicted molar refractivity (Wildman–Crippen MR) is 255 cm³/mol. The molecule has 59 heavy (non-hydrogen) atoms. The molecule has 0 radical (unpaired) electrons. The number of fused-ring (bicyclic) bond motifs is 7. The molecule has 0 nitrogen and oxygen atoms in total. The van der Waals surface area contributed by atoms with Crippen LogP contribution in [0.15, 0.2) is 212 Å². The first-order valence-corrected chi connectivity index (χ1v) is 20.6. The van der Waals surface area contributed by atoms with E-state index in [0.29, 0.717) is 0 Å². The first kappa shape index (κ1) is 33.6. The number of rotatable bonds is 4. The third-order valence-electron chi connectivity index (χ3n) is 12.6. The lowest BCUT2D eigenvalue weighted by atomic mass is 9.82. The SMILES string of the molecule is Cc1ccc2cc(-c3c4ccccc4c(-c4ccc5c(-c6ccc7ccccc7c6)c6ccccc6c(-c6ccc7ccccc7c6)c5c4)c4ccccc34)ccc2c1. The number of hydrogen-bond acceptors (Lipinski definition) is 0. The number of benzene rings is 12. The van der Waals surface area contributed by atoms with E-state index in [1.807, 2.05) is 0 Å². The van der Waals surface area contributed by atoms with Crippen molar-refractivity contribution in [2.45, 2.75) is 6.92 Å². The van der Waals surface area contributed by atoms with Crippen LogP contribution < -0.4 is 0 Å². The Labute approximate surface area is 343 Å². The van der Waals surface area contributed by atoms with Gasteiger partial charge < -0.3 is 0 Å². The molecule has 0 heterocycles. The molecule has 274 valence electrons. The number of hydrogen-bond donors (Lipinski definition) is 0. The maximum atomic E-state index is 2.49. The summed E-state index contributed by atoms with van der Waals surface area (Å²) in [6.45, 7) is 2.16. The zero-order valence-electron chi connectivity index (χ0n) is 32.7. The normalized spacial score (nSPS) is 11.8. The van der Waals surface area contributed by atoms with Gasteiger partial charge in [-0.3, -0.25) is 0 Å². The minimum Gasteiger partial charge on any atom is -0.0616 e. The van der Waals surface area contributed by atoms with Crippen LogP contribution in [0.5, 0.6) is 0 Å². The fourth-order valence-electron chi connectivity index (χ4n) is 9.92. The van der Waals surface area contributed by atoms with Crippen molar-refractivity contribution in [3.05, 3.63) is 218 Å². The topological polar surface area (TPSA) is 0 Å². The highest BCUT2D eigenvalue weighted by Gasteiger charge is 2.21. The van der Waals surface area contributed by atoms with E-state index in [1.54, 1.807) is 0 Å². The molecule has 0 fully saturated rings. The van der Waals surface area contributed by atoms with Crippen molar-refractivity contribution in [3.63, 3.8) is 0 Å². The second kappa shape index (κ2) is 13.3. The van der Waals surface area contributed by atoms with Gasteiger partial charge in [-0.15, -0.1) is 0 Å². The van der Waals surface area contributed by atoms with Crippen LogP contribution in [0.2, 0.25) is 0 Å². The lowest BCUT2D eigenvalue weighted by Gasteiger charge is -2.21. The van der Waals surface area contributed by atoms with Gasteiger partial charge in [-0.1, -0.05) is 194 Å². The molecule has 12 aromatic carbocycles. The van der Waals surface area contributed by atoms with Gasteiger partial charge in [-0.2, -0.15) is 0 Å². The molecular weight excluding hydrogens is 709 g/mol. The van der Waals surface area contributed by atoms with Crippen LogP contribution in [0, 0.1) is 6.92 Å². The smallest absolute Gasteiger partial charge is 0.00259 e. The van der Waals surface area contributed by atoms with Gasteiger partial charge in [0, 0.05) is 0 Å². The fourth-order valence-corrected chi connectivity index (χ4v) is 9.92. The lowest BCUT2D eigenvalue weighted by Crippen LogP contribution is -1.94. The fraction of sp³-hybridized carbons (Fsp3) is 0.0169. The first-order valence-electron chi connectivity index (χ1n) is 20.6. The zero-order valence-corrected chi connectivity index (χ0v) is 32.7. The van der Waals surface area contributed by atoms with Crippen LogP contribution in [0.4, 0.5) is 0 Å². The van der Waals surface area contributed by atoms with Gasteiger partial charge in [0.05, 0.1) is 0 Å². The molecule has 0 N–H and O–H groups in total. The molecule has 0 heteroatoms. The van der Waals surface area contributed by atoms with Crippen molar-refractivity contribution < 1.29 is 0 Å². The van der Waals surface area contributed by atoms with Crippen LogP contribution >= 0.6 is 0 Å². The summed E-state index contributed by atoms with van der Waals surface area (Å²) in [5.41, 5.74) is 11.3. The molecule has 0 aliphatic carbocycles. The maximum Gasteiger partial charge on any atom is -0.00259 e. The van der Waals surface area contributed by atoms with E-state index in [0.717, 1.165) is 0 Å². The Morgan fingerprint density at radius 2 is 0.492 bits per heavy atom. The van der Waals surface area contributed by atoms with Crippen LogP contribution in [-0.2, 0) is 0 Å². The summed E-state index contributed by atoms with van der Waals surface area (Å²) in [5.74, 6) is 0. The minimum atomic E-state index is 1.22. The molecule has 0 aliphatic rings. The highest BCUT2D eigenvalue weighted by molar-refractivity contribution is 6.25. The molecule has 0 bridgehead atoms. The standard InChI is InChI=1S/C59H38/c1-37-22-23-43-35-45(29-26-42(43)32-37)56-48-16-6-8-18-50(48)58(51-19-9-7-17-49(51)56)47-30-31-54-55(36-47)59(46-28-25-39-13-3-5-15-41(39)34-46)53-21-11-10-20-52(53)57(54)44-27-24-38-12-2-4-14-40(38)33-44/h2-36H,1H3. The molecule has 0 saturated carbocycles. The van der Waals surface area contributed by atoms with E-state index in [2.05, 4.69) is 219 Å². The van der Waals surface area contributed by atoms with Crippen molar-refractivity contribution in [1.29, 1.82) is 0 Å². The van der Waals surface area contributed by atoms with Gasteiger partial charge in [-0.25, -0.2) is 0 Å². The summed E-state index contributed by atoms with van der Waals surface area (Å²) >= 11 is 0. The predicted octanol–water partition coefficient (Wildman–Crippen LogP) is 16.7. The molecule has 0 aliphatic heterocycles. The monoisotopic (exact) mass is 746 g/mol. The maximum absolute atomic E-state index is 2.49. The number of aryl methyl sites for hydroxylation is 1. The van der Waals surface area contributed by atoms with E-state index in [1.165, 1.54) is 125 Å². The molecule has 0 atom stereocenters. The zero-order chi connectivity index (χ0) is 39.0. The Kier molecular flexibility index (Phi) is 7.55. The molecular formula is C59H38. The van der Waals surface area contributed by atoms with E-state index in [4.69, 9.17) is 0 Å². The Morgan fingerprint density at radius 1 is 0.203 bits per heavy atom. The van der Waals surface area contributed by atoms with Crippen molar-refractivity contribution in [1.82, 2.24) is 0 Å². The van der Waals surface area contributed by atoms with Gasteiger partial charge >= 0.3 is 0 Å². The van der Waals surface area contributed by atoms with Gasteiger partial charge in [0.25, 0.3) is 0 Å². The second-order valence-electron chi connectivity index (χ2n) is 16.1. The van der Waals surface area contributed by atoms with Crippen molar-refractivity contribution in [2.24, 2.45) is 0 Å². The van der Waals surface area contributed by atoms with Crippen molar-refractivity contribution >= 4 is 75.4 Å². The summed E-state index contributed by atoms with van der Waals surface area (Å²) in [6, 6.07) is 79.3. The van der Waals surface area contributed by atoms with Crippen LogP contribution in [0.3, 0.4) is 0 Å². The van der Waals surface area contributed by atoms with Crippen molar-refractivity contribution in [2.75, 3.05) is 0 Å². The molecule has 0 aromatic heterocycles. The Morgan fingerprint density at radius 3 is 0.949 bits per heavy atom. The largest absolute Gasteiger partial charge is 0.0616 e. The summed E-state index contributed by atoms with van der Waals surface area (Å²) in [7, 11) is 0. The van der Waals surface area contributed by atoms with E-state index in [-0.39, 0.29) is 0 Å². The summed E-state index contributed by atoms with van der Waals surface area (Å²) in [4.78, 5) is 0. The molecule has 0 saturated heterocycles. The van der Waals surface area contributed by atoms with Crippen molar-refractivity contribution in [3.8, 4) is 44.5 Å². The third kappa shape index (κ3) is 5.38. The molecule has 12 aromatic rings. The average molecular weight is 747 g/mol. The van der Waals surface area contributed by atoms with E-state index >= 15 is 0 Å². The lowest BCUT2D eigenvalue weighted by molar-refractivity contribution is 1.51. The summed E-state index contributed by atoms with van der Waals surface area (Å²) in [6.07, 6.45) is 0. The quantitative estimate of drug-likeness (QED) is 0.157. The van der Waals surface area contributed by atoms with Gasteiger partial charge in [-0.05, 0) is 151 Å². The highest BCUT2D eigenvalue weighted by Crippen LogP contribution is 2.49. The first-order chi connectivity index (χ1) is 29.2. The average Bonchev–Trinajstić information content (AvgIpc) is 3.29. The van der Waals surface area contributed by atoms with Crippen LogP contribution in [-0.4, -0.2) is 0 Å². The van der Waals surface area contributed by atoms with Gasteiger partial charge in [0.2, 0.25) is 0 Å². The minimum absolute atomic E-state index is 1.22. The van der Waals surface area contributed by atoms with E-state index < -0.39 is 0 Å². The van der Waals surface area contributed by atoms with Gasteiger partial charge in [0.15, 0.2) is 0 Å². The van der Waals surface area contributed by atoms with Gasteiger partial charge in [0.1, 0.15) is 0 Å². The van der Waals surface area contributed by atoms with E-state index in [9.17, 15) is 0 Å². The molecule has 0 unspecified atom stereocenters. The Bertz CT molecular complexity index is 3620. The Balaban J connectivity index is 1.19. The molecule has 12 rings (SSSR count). The molecule has 0 amide bonds. The summed E-state index contributed by atoms with van der Waals surface area (Å²) < 4.78 is 0. The van der Waals surface area contributed by atoms with Crippen LogP contribution in [0.25, 0.3) is 120 Å². The third-order valence-corrected chi connectivity index (χ3v) is 12.6.